The summed E-state index contributed by atoms with van der Waals surface area (Å²) in [4.78, 5) is 28.7. The number of amides is 2. The number of halogens is 1. The van der Waals surface area contributed by atoms with Crippen molar-refractivity contribution in [1.82, 2.24) is 15.5 Å². The number of sulfonamides is 1. The van der Waals surface area contributed by atoms with E-state index in [-0.39, 0.29) is 34.9 Å². The van der Waals surface area contributed by atoms with Gasteiger partial charge in [0.25, 0.3) is 15.9 Å². The summed E-state index contributed by atoms with van der Waals surface area (Å²) in [6.07, 6.45) is 6.58. The number of nitrogens with one attached hydrogen (secondary N) is 2. The zero-order valence-electron chi connectivity index (χ0n) is 22.1. The van der Waals surface area contributed by atoms with Crippen LogP contribution in [-0.4, -0.2) is 63.9 Å². The SMILES string of the molecule is CC1CC2CN(C2)C(=O)C2(C/C=C/CN(c3ccc(Cl)cc3)S(=O)(=O)c3cccc(c3)C(=O)N1)CCNCC2. The van der Waals surface area contributed by atoms with Gasteiger partial charge in [-0.2, -0.15) is 0 Å². The zero-order chi connectivity index (χ0) is 27.6. The Morgan fingerprint density at radius 3 is 2.44 bits per heavy atom. The van der Waals surface area contributed by atoms with Gasteiger partial charge in [-0.1, -0.05) is 29.8 Å². The van der Waals surface area contributed by atoms with E-state index in [0.717, 1.165) is 32.4 Å². The average Bonchev–Trinajstić information content (AvgIpc) is 2.91. The van der Waals surface area contributed by atoms with E-state index in [1.54, 1.807) is 36.4 Å². The van der Waals surface area contributed by atoms with Gasteiger partial charge in [-0.15, -0.1) is 0 Å². The van der Waals surface area contributed by atoms with Crippen molar-refractivity contribution in [3.63, 3.8) is 0 Å². The van der Waals surface area contributed by atoms with Crippen molar-refractivity contribution < 1.29 is 18.0 Å². The molecule has 0 aliphatic carbocycles. The molecule has 2 aromatic rings. The molecule has 39 heavy (non-hydrogen) atoms. The van der Waals surface area contributed by atoms with Crippen molar-refractivity contribution in [3.8, 4) is 0 Å². The molecule has 208 valence electrons. The van der Waals surface area contributed by atoms with Gasteiger partial charge in [0, 0.05) is 29.7 Å². The second-order valence-electron chi connectivity index (χ2n) is 10.9. The minimum Gasteiger partial charge on any atom is -0.350 e. The molecule has 1 unspecified atom stereocenters. The Bertz CT molecular complexity index is 1350. The molecule has 4 aliphatic heterocycles. The molecule has 0 aromatic heterocycles. The first-order valence-electron chi connectivity index (χ1n) is 13.5. The van der Waals surface area contributed by atoms with Gasteiger partial charge in [0.15, 0.2) is 0 Å². The Labute approximate surface area is 235 Å². The van der Waals surface area contributed by atoms with E-state index in [2.05, 4.69) is 10.6 Å². The van der Waals surface area contributed by atoms with Crippen LogP contribution in [0.1, 0.15) is 43.0 Å². The number of benzene rings is 2. The van der Waals surface area contributed by atoms with Crippen molar-refractivity contribution in [3.05, 3.63) is 71.3 Å². The predicted octanol–water partition coefficient (Wildman–Crippen LogP) is 3.83. The van der Waals surface area contributed by atoms with E-state index in [1.807, 2.05) is 24.0 Å². The summed E-state index contributed by atoms with van der Waals surface area (Å²) < 4.78 is 29.1. The van der Waals surface area contributed by atoms with Crippen LogP contribution in [0.3, 0.4) is 0 Å². The van der Waals surface area contributed by atoms with Crippen LogP contribution in [0.2, 0.25) is 5.02 Å². The molecule has 2 aromatic carbocycles. The van der Waals surface area contributed by atoms with Gasteiger partial charge >= 0.3 is 0 Å². The van der Waals surface area contributed by atoms with Crippen molar-refractivity contribution in [1.29, 1.82) is 0 Å². The molecule has 2 fully saturated rings. The van der Waals surface area contributed by atoms with Crippen molar-refractivity contribution in [2.45, 2.75) is 43.5 Å². The Balaban J connectivity index is 1.52. The first-order valence-corrected chi connectivity index (χ1v) is 15.3. The molecule has 2 saturated heterocycles. The van der Waals surface area contributed by atoms with E-state index in [9.17, 15) is 18.0 Å². The van der Waals surface area contributed by atoms with Crippen LogP contribution in [0.5, 0.6) is 0 Å². The lowest BCUT2D eigenvalue weighted by atomic mass is 9.73. The summed E-state index contributed by atoms with van der Waals surface area (Å²) in [5, 5.41) is 6.87. The number of anilines is 1. The summed E-state index contributed by atoms with van der Waals surface area (Å²) in [5.41, 5.74) is 0.256. The molecule has 6 rings (SSSR count). The molecule has 2 N–H and O–H groups in total. The summed E-state index contributed by atoms with van der Waals surface area (Å²) >= 11 is 6.08. The molecular weight excluding hydrogens is 536 g/mol. The highest BCUT2D eigenvalue weighted by atomic mass is 35.5. The van der Waals surface area contributed by atoms with Gasteiger partial charge in [-0.3, -0.25) is 13.9 Å². The summed E-state index contributed by atoms with van der Waals surface area (Å²) in [5.74, 6) is 0.191. The van der Waals surface area contributed by atoms with Gasteiger partial charge in [-0.05, 0) is 94.1 Å². The highest BCUT2D eigenvalue weighted by molar-refractivity contribution is 7.92. The third kappa shape index (κ3) is 5.85. The molecular formula is C29H35ClN4O4S. The zero-order valence-corrected chi connectivity index (χ0v) is 23.7. The van der Waals surface area contributed by atoms with E-state index in [1.165, 1.54) is 16.4 Å². The van der Waals surface area contributed by atoms with E-state index in [0.29, 0.717) is 36.1 Å². The van der Waals surface area contributed by atoms with Crippen LogP contribution in [0.4, 0.5) is 5.69 Å². The first kappa shape index (κ1) is 27.7. The fourth-order valence-electron chi connectivity index (χ4n) is 5.85. The number of hydrogen-bond acceptors (Lipinski definition) is 5. The molecule has 1 atom stereocenters. The summed E-state index contributed by atoms with van der Waals surface area (Å²) in [6, 6.07) is 12.7. The largest absolute Gasteiger partial charge is 0.350 e. The van der Waals surface area contributed by atoms with Crippen LogP contribution in [0.25, 0.3) is 0 Å². The van der Waals surface area contributed by atoms with Crippen molar-refractivity contribution in [2.24, 2.45) is 11.3 Å². The number of nitrogens with zero attached hydrogens (tertiary/aromatic N) is 2. The Morgan fingerprint density at radius 1 is 1.00 bits per heavy atom. The monoisotopic (exact) mass is 570 g/mol. The van der Waals surface area contributed by atoms with Crippen LogP contribution < -0.4 is 14.9 Å². The summed E-state index contributed by atoms with van der Waals surface area (Å²) in [6.45, 7) is 4.99. The lowest BCUT2D eigenvalue weighted by molar-refractivity contribution is -0.150. The number of hydrogen-bond donors (Lipinski definition) is 2. The van der Waals surface area contributed by atoms with Gasteiger partial charge in [0.2, 0.25) is 5.91 Å². The maximum atomic E-state index is 13.9. The van der Waals surface area contributed by atoms with Crippen LogP contribution in [0, 0.1) is 11.3 Å². The first-order chi connectivity index (χ1) is 18.7. The number of fused-ring (bicyclic) bond motifs is 7. The molecule has 4 aliphatic rings. The quantitative estimate of drug-likeness (QED) is 0.508. The molecule has 8 nitrogen and oxygen atoms in total. The second kappa shape index (κ2) is 11.3. The fourth-order valence-corrected chi connectivity index (χ4v) is 7.44. The molecule has 0 radical (unpaired) electrons. The second-order valence-corrected chi connectivity index (χ2v) is 13.2. The Hall–Kier alpha value is -2.88. The lowest BCUT2D eigenvalue weighted by Crippen LogP contribution is -2.58. The van der Waals surface area contributed by atoms with Gasteiger partial charge in [0.05, 0.1) is 22.5 Å². The standard InChI is InChI=1S/C29H35ClN4O4S/c1-21-17-22-19-33(20-22)28(36)29(12-14-31-15-13-29)11-2-3-16-34(25-9-7-24(30)8-10-25)39(37,38)26-6-4-5-23(18-26)27(35)32-21/h2-10,18,21-22,31H,11-17,19-20H2,1H3,(H,32,35)/b3-2+. The number of carbonyl (C=O) groups excluding carboxylic acids is 2. The summed E-state index contributed by atoms with van der Waals surface area (Å²) in [7, 11) is -4.02. The fraction of sp³-hybridized carbons (Fsp3) is 0.448. The number of rotatable bonds is 1. The van der Waals surface area contributed by atoms with Crippen molar-refractivity contribution in [2.75, 3.05) is 37.0 Å². The molecule has 1 spiro atoms. The topological polar surface area (TPSA) is 98.8 Å². The molecule has 4 heterocycles. The third-order valence-corrected chi connectivity index (χ3v) is 10.1. The van der Waals surface area contributed by atoms with Crippen LogP contribution in [-0.2, 0) is 14.8 Å². The Morgan fingerprint density at radius 2 is 1.72 bits per heavy atom. The van der Waals surface area contributed by atoms with Crippen molar-refractivity contribution >= 4 is 39.1 Å². The maximum Gasteiger partial charge on any atom is 0.264 e. The van der Waals surface area contributed by atoms with Gasteiger partial charge in [-0.25, -0.2) is 8.42 Å². The molecule has 4 bridgehead atoms. The van der Waals surface area contributed by atoms with Crippen LogP contribution >= 0.6 is 11.6 Å². The van der Waals surface area contributed by atoms with Gasteiger partial charge in [0.1, 0.15) is 0 Å². The molecule has 2 amide bonds. The minimum atomic E-state index is -4.02. The highest BCUT2D eigenvalue weighted by Crippen LogP contribution is 2.38. The minimum absolute atomic E-state index is 0.0342. The smallest absolute Gasteiger partial charge is 0.264 e. The number of carbonyl (C=O) groups is 2. The Kier molecular flexibility index (Phi) is 8.03. The van der Waals surface area contributed by atoms with Gasteiger partial charge < -0.3 is 15.5 Å². The van der Waals surface area contributed by atoms with E-state index in [4.69, 9.17) is 11.6 Å². The maximum absolute atomic E-state index is 13.9. The third-order valence-electron chi connectivity index (χ3n) is 8.07. The number of allylic oxidation sites excluding steroid dienone is 1. The van der Waals surface area contributed by atoms with E-state index < -0.39 is 15.4 Å². The predicted molar refractivity (Wildman–Crippen MR) is 152 cm³/mol. The highest BCUT2D eigenvalue weighted by Gasteiger charge is 2.44. The molecule has 10 heteroatoms. The normalized spacial score (nSPS) is 24.8. The lowest BCUT2D eigenvalue weighted by Gasteiger charge is -2.47. The number of piperidine rings is 1. The molecule has 0 saturated carbocycles. The average molecular weight is 571 g/mol. The van der Waals surface area contributed by atoms with Crippen LogP contribution in [0.15, 0.2) is 65.6 Å². The van der Waals surface area contributed by atoms with E-state index >= 15 is 0 Å².